The number of rotatable bonds is 8. The van der Waals surface area contributed by atoms with Crippen LogP contribution in [0.5, 0.6) is 0 Å². The third-order valence-corrected chi connectivity index (χ3v) is 7.05. The predicted molar refractivity (Wildman–Crippen MR) is 146 cm³/mol. The fourth-order valence-corrected chi connectivity index (χ4v) is 4.94. The molecule has 2 amide bonds. The van der Waals surface area contributed by atoms with Crippen molar-refractivity contribution in [2.75, 3.05) is 6.54 Å². The lowest BCUT2D eigenvalue weighted by atomic mass is 10.0. The number of aromatic nitrogens is 6. The number of benzene rings is 2. The van der Waals surface area contributed by atoms with Gasteiger partial charge in [-0.1, -0.05) is 44.2 Å². The summed E-state index contributed by atoms with van der Waals surface area (Å²) in [6.07, 6.45) is 2.50. The molecule has 0 aliphatic heterocycles. The van der Waals surface area contributed by atoms with Gasteiger partial charge in [0.1, 0.15) is 11.6 Å². The molecule has 2 aromatic carbocycles. The van der Waals surface area contributed by atoms with Gasteiger partial charge in [-0.05, 0) is 36.2 Å². The maximum Gasteiger partial charge on any atom is 0.315 e. The minimum Gasteiger partial charge on any atom is -0.336 e. The fraction of sp³-hybridized carbons (Fsp3) is 0.276. The number of nitrogens with one attached hydrogen (secondary N) is 2. The van der Waals surface area contributed by atoms with E-state index in [2.05, 4.69) is 38.1 Å². The van der Waals surface area contributed by atoms with Crippen LogP contribution in [0.25, 0.3) is 28.2 Å². The largest absolute Gasteiger partial charge is 0.336 e. The van der Waals surface area contributed by atoms with Gasteiger partial charge in [0, 0.05) is 41.6 Å². The Hall–Kier alpha value is -4.67. The molecule has 3 aromatic heterocycles. The molecule has 9 nitrogen and oxygen atoms in total. The minimum atomic E-state index is -0.720. The molecule has 5 aromatic rings. The van der Waals surface area contributed by atoms with Crippen LogP contribution in [0, 0.1) is 11.6 Å². The van der Waals surface area contributed by atoms with Gasteiger partial charge in [0.05, 0.1) is 24.1 Å². The lowest BCUT2D eigenvalue weighted by molar-refractivity contribution is 0.239. The van der Waals surface area contributed by atoms with Crippen molar-refractivity contribution in [2.24, 2.45) is 0 Å². The first-order valence-electron chi connectivity index (χ1n) is 13.2. The highest BCUT2D eigenvalue weighted by molar-refractivity contribution is 5.79. The molecular formula is C29H28F2N8O. The Bertz CT molecular complexity index is 1680. The third kappa shape index (κ3) is 5.02. The Morgan fingerprint density at radius 2 is 1.88 bits per heavy atom. The number of amides is 2. The fourth-order valence-electron chi connectivity index (χ4n) is 4.94. The maximum absolute atomic E-state index is 15.0. The van der Waals surface area contributed by atoms with Gasteiger partial charge < -0.3 is 10.6 Å². The van der Waals surface area contributed by atoms with E-state index >= 15 is 4.39 Å². The number of nitrogens with zero attached hydrogens (tertiary/aromatic N) is 6. The average molecular weight is 543 g/mol. The van der Waals surface area contributed by atoms with Crippen molar-refractivity contribution in [3.63, 3.8) is 0 Å². The van der Waals surface area contributed by atoms with Gasteiger partial charge in [0.15, 0.2) is 11.5 Å². The van der Waals surface area contributed by atoms with Crippen LogP contribution in [0.2, 0.25) is 0 Å². The van der Waals surface area contributed by atoms with Gasteiger partial charge in [0.25, 0.3) is 0 Å². The molecule has 204 valence electrons. The number of carbonyl (C=O) groups is 1. The summed E-state index contributed by atoms with van der Waals surface area (Å²) in [7, 11) is 0. The number of halogens is 2. The molecule has 1 fully saturated rings. The first-order valence-corrected chi connectivity index (χ1v) is 13.2. The number of urea groups is 1. The first kappa shape index (κ1) is 25.6. The van der Waals surface area contributed by atoms with Gasteiger partial charge in [0.2, 0.25) is 0 Å². The molecule has 1 saturated carbocycles. The number of hydrogen-bond donors (Lipinski definition) is 2. The molecule has 0 radical (unpaired) electrons. The lowest BCUT2D eigenvalue weighted by Crippen LogP contribution is -2.39. The van der Waals surface area contributed by atoms with E-state index in [1.165, 1.54) is 17.7 Å². The van der Waals surface area contributed by atoms with Crippen LogP contribution in [0.1, 0.15) is 43.5 Å². The molecular weight excluding hydrogens is 514 g/mol. The monoisotopic (exact) mass is 542 g/mol. The van der Waals surface area contributed by atoms with Gasteiger partial charge >= 0.3 is 6.03 Å². The zero-order valence-electron chi connectivity index (χ0n) is 22.1. The zero-order chi connectivity index (χ0) is 27.8. The summed E-state index contributed by atoms with van der Waals surface area (Å²) in [5.74, 6) is -0.292. The Kier molecular flexibility index (Phi) is 6.71. The van der Waals surface area contributed by atoms with Crippen molar-refractivity contribution in [2.45, 2.75) is 44.7 Å². The van der Waals surface area contributed by atoms with Crippen molar-refractivity contribution in [1.29, 1.82) is 0 Å². The highest BCUT2D eigenvalue weighted by Gasteiger charge is 2.39. The van der Waals surface area contributed by atoms with Crippen LogP contribution in [-0.2, 0) is 6.54 Å². The van der Waals surface area contributed by atoms with E-state index < -0.39 is 11.6 Å². The van der Waals surface area contributed by atoms with E-state index in [1.54, 1.807) is 27.5 Å². The molecule has 0 spiro atoms. The molecule has 6 rings (SSSR count). The van der Waals surface area contributed by atoms with Crippen LogP contribution in [0.4, 0.5) is 13.6 Å². The van der Waals surface area contributed by atoms with Gasteiger partial charge in [-0.2, -0.15) is 14.7 Å². The number of hydrogen-bond acceptors (Lipinski definition) is 5. The Morgan fingerprint density at radius 1 is 1.05 bits per heavy atom. The lowest BCUT2D eigenvalue weighted by Gasteiger charge is -2.13. The number of carbonyl (C=O) groups excluding carboxylic acids is 1. The normalized spacial score (nSPS) is 16.4. The van der Waals surface area contributed by atoms with Crippen molar-refractivity contribution >= 4 is 11.7 Å². The molecule has 1 unspecified atom stereocenters. The van der Waals surface area contributed by atoms with Crippen LogP contribution in [-0.4, -0.2) is 48.2 Å². The average Bonchev–Trinajstić information content (AvgIpc) is 3.36. The van der Waals surface area contributed by atoms with E-state index in [4.69, 9.17) is 5.10 Å². The zero-order valence-corrected chi connectivity index (χ0v) is 22.1. The molecule has 0 bridgehead atoms. The molecule has 40 heavy (non-hydrogen) atoms. The molecule has 2 atom stereocenters. The smallest absolute Gasteiger partial charge is 0.315 e. The first-order chi connectivity index (χ1) is 19.4. The van der Waals surface area contributed by atoms with E-state index in [9.17, 15) is 9.18 Å². The van der Waals surface area contributed by atoms with Crippen molar-refractivity contribution < 1.29 is 13.6 Å². The molecule has 11 heteroatoms. The summed E-state index contributed by atoms with van der Waals surface area (Å²) in [5.41, 5.74) is 3.50. The van der Waals surface area contributed by atoms with Crippen molar-refractivity contribution in [3.05, 3.63) is 89.9 Å². The molecule has 2 N–H and O–H groups in total. The van der Waals surface area contributed by atoms with E-state index in [0.717, 1.165) is 12.5 Å². The van der Waals surface area contributed by atoms with Crippen LogP contribution in [0.15, 0.2) is 66.9 Å². The van der Waals surface area contributed by atoms with Crippen LogP contribution in [0.3, 0.4) is 0 Å². The van der Waals surface area contributed by atoms with Gasteiger partial charge in [-0.3, -0.25) is 4.68 Å². The van der Waals surface area contributed by atoms with Gasteiger partial charge in [-0.25, -0.2) is 13.6 Å². The summed E-state index contributed by atoms with van der Waals surface area (Å²) in [6.45, 7) is 4.51. The summed E-state index contributed by atoms with van der Waals surface area (Å²) >= 11 is 0. The minimum absolute atomic E-state index is 0.0883. The SMILES string of the molecule is CC(C)c1nnc2ccc(-c3cnn(CCNC(=O)NC4C[C@H]4c4ccccc4)c3-c3ccc(F)cc3F)nn12. The third-order valence-electron chi connectivity index (χ3n) is 7.05. The van der Waals surface area contributed by atoms with E-state index in [1.807, 2.05) is 32.0 Å². The second kappa shape index (κ2) is 10.5. The Labute approximate surface area is 229 Å². The second-order valence-electron chi connectivity index (χ2n) is 10.2. The van der Waals surface area contributed by atoms with Gasteiger partial charge in [-0.15, -0.1) is 10.2 Å². The van der Waals surface area contributed by atoms with E-state index in [0.29, 0.717) is 34.3 Å². The molecule has 1 aliphatic rings. The summed E-state index contributed by atoms with van der Waals surface area (Å²) in [4.78, 5) is 12.5. The quantitative estimate of drug-likeness (QED) is 0.290. The Morgan fingerprint density at radius 3 is 2.65 bits per heavy atom. The Balaban J connectivity index is 1.23. The highest BCUT2D eigenvalue weighted by Crippen LogP contribution is 2.40. The highest BCUT2D eigenvalue weighted by atomic mass is 19.1. The molecule has 1 aliphatic carbocycles. The van der Waals surface area contributed by atoms with Crippen molar-refractivity contribution in [1.82, 2.24) is 40.2 Å². The van der Waals surface area contributed by atoms with Crippen molar-refractivity contribution in [3.8, 4) is 22.5 Å². The predicted octanol–water partition coefficient (Wildman–Crippen LogP) is 4.91. The number of fused-ring (bicyclic) bond motifs is 1. The van der Waals surface area contributed by atoms with E-state index in [-0.39, 0.29) is 36.6 Å². The molecule has 0 saturated heterocycles. The summed E-state index contributed by atoms with van der Waals surface area (Å²) in [6, 6.07) is 16.9. The summed E-state index contributed by atoms with van der Waals surface area (Å²) in [5, 5.41) is 23.5. The maximum atomic E-state index is 15.0. The van der Waals surface area contributed by atoms with Crippen LogP contribution < -0.4 is 10.6 Å². The standard InChI is InChI=1S/C29H28F2N8O/c1-17(2)28-36-35-26-11-10-24(37-39(26)28)22-16-33-38(27(22)20-9-8-19(30)14-23(20)31)13-12-32-29(40)34-25-15-21(25)18-6-4-3-5-7-18/h3-11,14,16-17,21,25H,12-13,15H2,1-2H3,(H2,32,34,40)/t21-,25?/m0/s1. The molecule has 3 heterocycles. The second-order valence-corrected chi connectivity index (χ2v) is 10.2. The van der Waals surface area contributed by atoms with Crippen LogP contribution >= 0.6 is 0 Å². The topological polar surface area (TPSA) is 102 Å². The summed E-state index contributed by atoms with van der Waals surface area (Å²) < 4.78 is 32.1.